The van der Waals surface area contributed by atoms with E-state index in [2.05, 4.69) is 29.1 Å². The van der Waals surface area contributed by atoms with Crippen molar-refractivity contribution in [1.82, 2.24) is 0 Å². The second-order valence-electron chi connectivity index (χ2n) is 2.17. The fourth-order valence-corrected chi connectivity index (χ4v) is 5.06. The highest BCUT2D eigenvalue weighted by Crippen LogP contribution is 2.10. The number of halogens is 1. The Balaban J connectivity index is 0. The summed E-state index contributed by atoms with van der Waals surface area (Å²) in [6, 6.07) is 2.93. The molecule has 0 amide bonds. The first-order chi connectivity index (χ1) is 3.81. The Morgan fingerprint density at radius 1 is 1.25 bits per heavy atom. The molecule has 50 valence electrons. The summed E-state index contributed by atoms with van der Waals surface area (Å²) >= 11 is 3.74. The molecule has 0 aromatic carbocycles. The molecule has 0 atom stereocenters. The average molecular weight is 196 g/mol. The van der Waals surface area contributed by atoms with Crippen LogP contribution in [0.15, 0.2) is 0 Å². The second-order valence-corrected chi connectivity index (χ2v) is 8.41. The van der Waals surface area contributed by atoms with Crippen LogP contribution >= 0.6 is 15.3 Å². The summed E-state index contributed by atoms with van der Waals surface area (Å²) in [5, 5.41) is 0. The second kappa shape index (κ2) is 5.83. The van der Waals surface area contributed by atoms with Gasteiger partial charge in [0, 0.05) is 0 Å². The van der Waals surface area contributed by atoms with Gasteiger partial charge < -0.3 is 0 Å². The maximum absolute atomic E-state index is 3.74. The third kappa shape index (κ3) is 4.85. The van der Waals surface area contributed by atoms with Crippen molar-refractivity contribution >= 4 is 22.7 Å². The molecular formula is C6H16BrSi+. The lowest BCUT2D eigenvalue weighted by atomic mass is 10.6. The minimum absolute atomic E-state index is 0. The first-order valence-electron chi connectivity index (χ1n) is 3.45. The molecule has 0 fully saturated rings. The molecule has 0 rings (SSSR count). The molecule has 0 aliphatic rings. The predicted octanol–water partition coefficient (Wildman–Crippen LogP) is 3.04. The third-order valence-electron chi connectivity index (χ3n) is 1.20. The van der Waals surface area contributed by atoms with Crippen LogP contribution < -0.4 is 0 Å². The van der Waals surface area contributed by atoms with Gasteiger partial charge in [-0.2, -0.15) is 0 Å². The Bertz CT molecular complexity index is 46.3. The van der Waals surface area contributed by atoms with E-state index in [9.17, 15) is 0 Å². The largest absolute Gasteiger partial charge is 1.00 e. The van der Waals surface area contributed by atoms with Crippen LogP contribution in [0.5, 0.6) is 0 Å². The molecule has 0 saturated heterocycles. The molecule has 0 radical (unpaired) electrons. The van der Waals surface area contributed by atoms with Gasteiger partial charge in [-0.1, -0.05) is 38.8 Å². The number of rotatable bonds is 4. The first-order valence-corrected chi connectivity index (χ1v) is 8.27. The van der Waals surface area contributed by atoms with E-state index in [1.165, 1.54) is 24.9 Å². The molecule has 0 aliphatic heterocycles. The zero-order valence-electron chi connectivity index (χ0n) is 6.78. The molecular weight excluding hydrogens is 180 g/mol. The summed E-state index contributed by atoms with van der Waals surface area (Å²) in [5.74, 6) is 0. The van der Waals surface area contributed by atoms with E-state index in [0.29, 0.717) is 0 Å². The van der Waals surface area contributed by atoms with E-state index in [-0.39, 0.29) is 8.84 Å². The van der Waals surface area contributed by atoms with Crippen LogP contribution in [-0.4, -0.2) is 7.42 Å². The van der Waals surface area contributed by atoms with E-state index in [4.69, 9.17) is 0 Å². The van der Waals surface area contributed by atoms with Crippen LogP contribution in [0.3, 0.4) is 0 Å². The van der Waals surface area contributed by atoms with E-state index in [0.717, 1.165) is 0 Å². The van der Waals surface area contributed by atoms with Crippen molar-refractivity contribution in [2.75, 3.05) is 0 Å². The normalized spacial score (nSPS) is 10.5. The lowest BCUT2D eigenvalue weighted by Gasteiger charge is -2.01. The molecule has 2 heteroatoms. The SMILES string of the molecule is CCC[SiH](Br)CCC.[H+]. The summed E-state index contributed by atoms with van der Waals surface area (Å²) in [5.41, 5.74) is 0. The van der Waals surface area contributed by atoms with Crippen LogP contribution in [-0.2, 0) is 0 Å². The van der Waals surface area contributed by atoms with Crippen molar-refractivity contribution in [2.45, 2.75) is 38.8 Å². The van der Waals surface area contributed by atoms with E-state index in [1.54, 1.807) is 0 Å². The maximum Gasteiger partial charge on any atom is 1.00 e. The lowest BCUT2D eigenvalue weighted by Crippen LogP contribution is -1.98. The highest BCUT2D eigenvalue weighted by atomic mass is 79.9. The van der Waals surface area contributed by atoms with Gasteiger partial charge in [-0.15, -0.1) is 15.3 Å². The lowest BCUT2D eigenvalue weighted by molar-refractivity contribution is 1.02. The summed E-state index contributed by atoms with van der Waals surface area (Å²) in [6.45, 7) is 4.52. The molecule has 0 aromatic heterocycles. The van der Waals surface area contributed by atoms with E-state index in [1.807, 2.05) is 0 Å². The molecule has 0 nitrogen and oxygen atoms in total. The highest BCUT2D eigenvalue weighted by Gasteiger charge is 2.00. The minimum Gasteiger partial charge on any atom is -0.131 e. The Morgan fingerprint density at radius 3 is 1.88 bits per heavy atom. The quantitative estimate of drug-likeness (QED) is 0.479. The Kier molecular flexibility index (Phi) is 6.33. The fourth-order valence-electron chi connectivity index (χ4n) is 0.771. The van der Waals surface area contributed by atoms with Gasteiger partial charge in [0.15, 0.2) is 0 Å². The standard InChI is InChI=1S/C6H15BrSi/c1-3-5-8(7)6-4-2/h8H,3-6H2,1-2H3/p+1. The maximum atomic E-state index is 3.74. The summed E-state index contributed by atoms with van der Waals surface area (Å²) in [4.78, 5) is 0. The van der Waals surface area contributed by atoms with E-state index < -0.39 is 0 Å². The molecule has 0 unspecified atom stereocenters. The Hall–Kier alpha value is 0.697. The zero-order valence-corrected chi connectivity index (χ0v) is 8.52. The topological polar surface area (TPSA) is 0 Å². The Morgan fingerprint density at radius 2 is 1.62 bits per heavy atom. The monoisotopic (exact) mass is 195 g/mol. The van der Waals surface area contributed by atoms with Crippen LogP contribution in [0, 0.1) is 0 Å². The van der Waals surface area contributed by atoms with Gasteiger partial charge in [-0.3, -0.25) is 0 Å². The van der Waals surface area contributed by atoms with Crippen molar-refractivity contribution in [3.63, 3.8) is 0 Å². The fraction of sp³-hybridized carbons (Fsp3) is 1.00. The molecule has 0 spiro atoms. The molecule has 0 bridgehead atoms. The van der Waals surface area contributed by atoms with Gasteiger partial charge in [-0.05, 0) is 0 Å². The number of hydrogen-bond acceptors (Lipinski definition) is 0. The third-order valence-corrected chi connectivity index (χ3v) is 6.36. The van der Waals surface area contributed by atoms with Crippen LogP contribution in [0.25, 0.3) is 0 Å². The summed E-state index contributed by atoms with van der Waals surface area (Å²) < 4.78 is 0. The average Bonchev–Trinajstić information content (AvgIpc) is 1.68. The molecule has 0 saturated carbocycles. The highest BCUT2D eigenvalue weighted by molar-refractivity contribution is 9.24. The van der Waals surface area contributed by atoms with Gasteiger partial charge in [-0.25, -0.2) is 0 Å². The van der Waals surface area contributed by atoms with Crippen molar-refractivity contribution in [3.8, 4) is 0 Å². The van der Waals surface area contributed by atoms with Crippen molar-refractivity contribution in [3.05, 3.63) is 0 Å². The van der Waals surface area contributed by atoms with Crippen molar-refractivity contribution in [2.24, 2.45) is 0 Å². The number of hydrogen-bond donors (Lipinski definition) is 0. The molecule has 8 heavy (non-hydrogen) atoms. The predicted molar refractivity (Wildman–Crippen MR) is 47.4 cm³/mol. The molecule has 0 heterocycles. The van der Waals surface area contributed by atoms with Gasteiger partial charge in [0.1, 0.15) is 7.42 Å². The van der Waals surface area contributed by atoms with Gasteiger partial charge in [0.05, 0.1) is 0 Å². The summed E-state index contributed by atoms with van der Waals surface area (Å²) in [7, 11) is -0.390. The van der Waals surface area contributed by atoms with Gasteiger partial charge >= 0.3 is 1.43 Å². The van der Waals surface area contributed by atoms with Crippen molar-refractivity contribution < 1.29 is 1.43 Å². The first kappa shape index (κ1) is 8.70. The van der Waals surface area contributed by atoms with Crippen LogP contribution in [0.2, 0.25) is 12.1 Å². The van der Waals surface area contributed by atoms with Crippen molar-refractivity contribution in [1.29, 1.82) is 0 Å². The summed E-state index contributed by atoms with van der Waals surface area (Å²) in [6.07, 6.45) is 2.73. The molecule has 0 N–H and O–H groups in total. The molecule has 0 aromatic rings. The van der Waals surface area contributed by atoms with Crippen LogP contribution in [0.1, 0.15) is 28.1 Å². The van der Waals surface area contributed by atoms with E-state index >= 15 is 0 Å². The van der Waals surface area contributed by atoms with Gasteiger partial charge in [0.25, 0.3) is 0 Å². The minimum atomic E-state index is -0.390. The molecule has 0 aliphatic carbocycles. The Labute approximate surface area is 63.3 Å². The van der Waals surface area contributed by atoms with Crippen LogP contribution in [0.4, 0.5) is 0 Å². The zero-order chi connectivity index (χ0) is 6.41. The van der Waals surface area contributed by atoms with Gasteiger partial charge in [0.2, 0.25) is 0 Å². The smallest absolute Gasteiger partial charge is 0.131 e.